The van der Waals surface area contributed by atoms with Crippen molar-refractivity contribution in [3.8, 4) is 11.8 Å². The largest absolute Gasteiger partial charge is 0.489 e. The molecule has 1 aliphatic carbocycles. The molecule has 3 aromatic rings. The van der Waals surface area contributed by atoms with Gasteiger partial charge in [-0.3, -0.25) is 29.4 Å². The summed E-state index contributed by atoms with van der Waals surface area (Å²) in [5, 5.41) is 11.8. The van der Waals surface area contributed by atoms with Gasteiger partial charge >= 0.3 is 0 Å². The molecular weight excluding hydrogens is 729 g/mol. The molecule has 2 aromatic carbocycles. The third kappa shape index (κ3) is 8.54. The molecule has 0 radical (unpaired) electrons. The van der Waals surface area contributed by atoms with Crippen molar-refractivity contribution in [1.82, 2.24) is 15.2 Å². The minimum Gasteiger partial charge on any atom is -0.489 e. The number of ether oxygens (including phenoxy) is 1. The van der Waals surface area contributed by atoms with Crippen LogP contribution in [0.1, 0.15) is 104 Å². The Morgan fingerprint density at radius 1 is 0.828 bits per heavy atom. The summed E-state index contributed by atoms with van der Waals surface area (Å²) in [5.74, 6) is 1.39. The molecule has 0 spiro atoms. The molecule has 3 aliphatic heterocycles. The van der Waals surface area contributed by atoms with Gasteiger partial charge in [-0.15, -0.1) is 0 Å². The summed E-state index contributed by atoms with van der Waals surface area (Å²) in [7, 11) is 0. The number of carbonyl (C=O) groups is 4. The molecular formula is C47H58N6O5. The molecule has 3 saturated heterocycles. The molecule has 1 atom stereocenters. The standard InChI is InChI=1S/C47H58N6O5/c1-30-23-37(24-31(2)38(30)27-48)58-45-46(3,4)41(47(45,5)6)26-40(55)33-7-11-36(12-8-33)52-17-15-32(16-18-52)29-51-19-21-53(22-20-51)42-13-9-35(28-49-42)39(54)25-34-10-14-43(56)50-44(34)57/h7-9,11-13,23-24,28,32,34,41,45H,10,14-22,25-26,29H2,1-6H3,(H,50,56,57)/t34-,41?,45?/m1/s1. The molecule has 1 N–H and O–H groups in total. The fraction of sp³-hybridized carbons (Fsp3) is 0.532. The number of piperidine rings is 2. The average Bonchev–Trinajstić information content (AvgIpc) is 3.20. The third-order valence-corrected chi connectivity index (χ3v) is 13.6. The fourth-order valence-electron chi connectivity index (χ4n) is 10.4. The monoisotopic (exact) mass is 786 g/mol. The van der Waals surface area contributed by atoms with Crippen LogP contribution < -0.4 is 19.9 Å². The van der Waals surface area contributed by atoms with Gasteiger partial charge in [0.25, 0.3) is 0 Å². The van der Waals surface area contributed by atoms with E-state index in [0.717, 1.165) is 86.9 Å². The number of hydrogen-bond donors (Lipinski definition) is 1. The van der Waals surface area contributed by atoms with E-state index in [1.165, 1.54) is 5.69 Å². The molecule has 4 fully saturated rings. The average molecular weight is 787 g/mol. The van der Waals surface area contributed by atoms with E-state index in [1.807, 2.05) is 44.2 Å². The number of amides is 2. The number of aromatic nitrogens is 1. The number of aryl methyl sites for hydroxylation is 2. The van der Waals surface area contributed by atoms with E-state index < -0.39 is 5.92 Å². The van der Waals surface area contributed by atoms with Crippen LogP contribution in [0, 0.1) is 53.8 Å². The Balaban J connectivity index is 0.837. The second-order valence-corrected chi connectivity index (χ2v) is 18.3. The number of Topliss-reactive ketones (excluding diaryl/α,β-unsaturated/α-hetero) is 2. The number of imide groups is 1. The summed E-state index contributed by atoms with van der Waals surface area (Å²) in [6, 6.07) is 18.1. The van der Waals surface area contributed by atoms with Crippen LogP contribution in [0.25, 0.3) is 0 Å². The SMILES string of the molecule is Cc1cc(OC2C(C)(C)C(CC(=O)c3ccc(N4CCC(CN5CCN(c6ccc(C(=O)C[C@H]7CCC(=O)NC7=O)cn6)CC5)CC4)cc3)C2(C)C)cc(C)c1C#N. The molecule has 0 unspecified atom stereocenters. The summed E-state index contributed by atoms with van der Waals surface area (Å²) in [6.45, 7) is 19.5. The van der Waals surface area contributed by atoms with Crippen LogP contribution in [-0.4, -0.2) is 85.2 Å². The van der Waals surface area contributed by atoms with Crippen molar-refractivity contribution in [2.24, 2.45) is 28.6 Å². The lowest BCUT2D eigenvalue weighted by molar-refractivity contribution is -0.196. The second-order valence-electron chi connectivity index (χ2n) is 18.3. The smallest absolute Gasteiger partial charge is 0.230 e. The van der Waals surface area contributed by atoms with Gasteiger partial charge in [-0.25, -0.2) is 4.98 Å². The van der Waals surface area contributed by atoms with E-state index in [2.05, 4.69) is 70.9 Å². The number of nitriles is 1. The Morgan fingerprint density at radius 2 is 1.45 bits per heavy atom. The predicted octanol–water partition coefficient (Wildman–Crippen LogP) is 6.94. The maximum absolute atomic E-state index is 13.7. The van der Waals surface area contributed by atoms with Gasteiger partial charge in [0.2, 0.25) is 11.8 Å². The lowest BCUT2D eigenvalue weighted by atomic mass is 9.44. The van der Waals surface area contributed by atoms with Crippen LogP contribution in [0.5, 0.6) is 5.75 Å². The maximum atomic E-state index is 13.7. The van der Waals surface area contributed by atoms with Crippen LogP contribution in [0.2, 0.25) is 0 Å². The molecule has 1 aromatic heterocycles. The van der Waals surface area contributed by atoms with Gasteiger partial charge < -0.3 is 14.5 Å². The first-order valence-corrected chi connectivity index (χ1v) is 21.0. The van der Waals surface area contributed by atoms with Crippen molar-refractivity contribution in [3.63, 3.8) is 0 Å². The summed E-state index contributed by atoms with van der Waals surface area (Å²) < 4.78 is 6.59. The Kier molecular flexibility index (Phi) is 11.8. The topological polar surface area (TPSA) is 136 Å². The Labute approximate surface area is 343 Å². The van der Waals surface area contributed by atoms with Crippen LogP contribution in [0.15, 0.2) is 54.7 Å². The summed E-state index contributed by atoms with van der Waals surface area (Å²) in [5.41, 5.74) is 4.57. The van der Waals surface area contributed by atoms with Crippen molar-refractivity contribution >= 4 is 34.9 Å². The zero-order valence-corrected chi connectivity index (χ0v) is 35.0. The molecule has 4 aliphatic rings. The van der Waals surface area contributed by atoms with E-state index in [-0.39, 0.29) is 59.1 Å². The molecule has 7 rings (SSSR count). The maximum Gasteiger partial charge on any atom is 0.230 e. The van der Waals surface area contributed by atoms with E-state index in [4.69, 9.17) is 4.74 Å². The molecule has 4 heterocycles. The Morgan fingerprint density at radius 3 is 2.03 bits per heavy atom. The molecule has 58 heavy (non-hydrogen) atoms. The lowest BCUT2D eigenvalue weighted by Crippen LogP contribution is -2.66. The Bertz CT molecular complexity index is 2030. The number of ketones is 2. The first kappa shape index (κ1) is 41.1. The highest BCUT2D eigenvalue weighted by molar-refractivity contribution is 6.03. The van der Waals surface area contributed by atoms with Gasteiger partial charge in [0.15, 0.2) is 11.6 Å². The molecule has 306 valence electrons. The van der Waals surface area contributed by atoms with E-state index >= 15 is 0 Å². The third-order valence-electron chi connectivity index (χ3n) is 13.6. The number of benzene rings is 2. The molecule has 11 nitrogen and oxygen atoms in total. The van der Waals surface area contributed by atoms with Gasteiger partial charge in [-0.1, -0.05) is 27.7 Å². The van der Waals surface area contributed by atoms with Crippen molar-refractivity contribution in [2.75, 3.05) is 55.6 Å². The van der Waals surface area contributed by atoms with Gasteiger partial charge in [-0.2, -0.15) is 5.26 Å². The molecule has 1 saturated carbocycles. The van der Waals surface area contributed by atoms with Crippen LogP contribution >= 0.6 is 0 Å². The minimum absolute atomic E-state index is 0.0544. The highest BCUT2D eigenvalue weighted by Crippen LogP contribution is 2.61. The first-order valence-electron chi connectivity index (χ1n) is 21.0. The highest BCUT2D eigenvalue weighted by Gasteiger charge is 2.63. The number of hydrogen-bond acceptors (Lipinski definition) is 10. The second kappa shape index (κ2) is 16.6. The number of pyridine rings is 1. The van der Waals surface area contributed by atoms with Crippen LogP contribution in [-0.2, 0) is 9.59 Å². The predicted molar refractivity (Wildman–Crippen MR) is 224 cm³/mol. The zero-order chi connectivity index (χ0) is 41.4. The Hall–Kier alpha value is -5.08. The quantitative estimate of drug-likeness (QED) is 0.152. The summed E-state index contributed by atoms with van der Waals surface area (Å²) in [4.78, 5) is 61.8. The molecule has 11 heteroatoms. The van der Waals surface area contributed by atoms with E-state index in [9.17, 15) is 24.4 Å². The van der Waals surface area contributed by atoms with Crippen molar-refractivity contribution in [1.29, 1.82) is 5.26 Å². The van der Waals surface area contributed by atoms with E-state index in [0.29, 0.717) is 29.9 Å². The molecule has 2 amide bonds. The minimum atomic E-state index is -0.466. The van der Waals surface area contributed by atoms with E-state index in [1.54, 1.807) is 12.3 Å². The lowest BCUT2D eigenvalue weighted by Gasteiger charge is -2.63. The van der Waals surface area contributed by atoms with Crippen molar-refractivity contribution in [3.05, 3.63) is 82.5 Å². The van der Waals surface area contributed by atoms with Crippen LogP contribution in [0.3, 0.4) is 0 Å². The number of carbonyl (C=O) groups excluding carboxylic acids is 4. The van der Waals surface area contributed by atoms with Crippen molar-refractivity contribution in [2.45, 2.75) is 86.2 Å². The number of nitrogens with one attached hydrogen (secondary N) is 1. The number of rotatable bonds is 12. The fourth-order valence-corrected chi connectivity index (χ4v) is 10.4. The van der Waals surface area contributed by atoms with Gasteiger partial charge in [0, 0.05) is 105 Å². The van der Waals surface area contributed by atoms with Gasteiger partial charge in [0.05, 0.1) is 11.6 Å². The molecule has 0 bridgehead atoms. The van der Waals surface area contributed by atoms with Crippen LogP contribution in [0.4, 0.5) is 11.5 Å². The van der Waals surface area contributed by atoms with Gasteiger partial charge in [0.1, 0.15) is 17.7 Å². The van der Waals surface area contributed by atoms with Crippen molar-refractivity contribution < 1.29 is 23.9 Å². The number of anilines is 2. The zero-order valence-electron chi connectivity index (χ0n) is 35.0. The summed E-state index contributed by atoms with van der Waals surface area (Å²) >= 11 is 0. The number of nitrogens with zero attached hydrogens (tertiary/aromatic N) is 5. The number of piperazine rings is 1. The normalized spacial score (nSPS) is 23.4. The van der Waals surface area contributed by atoms with Gasteiger partial charge in [-0.05, 0) is 105 Å². The summed E-state index contributed by atoms with van der Waals surface area (Å²) in [6.07, 6.45) is 5.06. The first-order chi connectivity index (χ1) is 27.6. The highest BCUT2D eigenvalue weighted by atomic mass is 16.5.